The van der Waals surface area contributed by atoms with E-state index in [-0.39, 0.29) is 4.21 Å². The average molecular weight is 324 g/mol. The monoisotopic (exact) mass is 323 g/mol. The van der Waals surface area contributed by atoms with Crippen molar-refractivity contribution < 1.29 is 18.3 Å². The first-order valence-electron chi connectivity index (χ1n) is 5.84. The second-order valence-electron chi connectivity index (χ2n) is 4.50. The molecular weight excluding hydrogens is 310 g/mol. The topological polar surface area (TPSA) is 74.7 Å². The summed E-state index contributed by atoms with van der Waals surface area (Å²) in [6, 6.07) is 2.44. The van der Waals surface area contributed by atoms with Crippen LogP contribution in [0.4, 0.5) is 0 Å². The number of hydrogen-bond donors (Lipinski definition) is 1. The van der Waals surface area contributed by atoms with E-state index in [2.05, 4.69) is 0 Å². The van der Waals surface area contributed by atoms with Crippen molar-refractivity contribution in [2.24, 2.45) is 5.92 Å². The van der Waals surface area contributed by atoms with E-state index in [4.69, 9.17) is 16.7 Å². The summed E-state index contributed by atoms with van der Waals surface area (Å²) in [6.07, 6.45) is 1.06. The van der Waals surface area contributed by atoms with Crippen LogP contribution in [-0.4, -0.2) is 36.4 Å². The summed E-state index contributed by atoms with van der Waals surface area (Å²) in [7, 11) is -3.65. The lowest BCUT2D eigenvalue weighted by atomic mass is 9.92. The normalized spacial score (nSPS) is 25.4. The second-order valence-corrected chi connectivity index (χ2v) is 8.33. The van der Waals surface area contributed by atoms with Gasteiger partial charge in [0.15, 0.2) is 0 Å². The molecule has 2 atom stereocenters. The van der Waals surface area contributed by atoms with Gasteiger partial charge in [0, 0.05) is 12.6 Å². The van der Waals surface area contributed by atoms with Gasteiger partial charge in [0.05, 0.1) is 10.3 Å². The maximum atomic E-state index is 12.5. The van der Waals surface area contributed by atoms with Crippen molar-refractivity contribution in [2.75, 3.05) is 6.54 Å². The quantitative estimate of drug-likeness (QED) is 0.926. The minimum atomic E-state index is -3.65. The molecular formula is C11H14ClNO4S2. The fourth-order valence-electron chi connectivity index (χ4n) is 2.33. The molecule has 5 nitrogen and oxygen atoms in total. The summed E-state index contributed by atoms with van der Waals surface area (Å²) in [5.74, 6) is -1.60. The van der Waals surface area contributed by atoms with Crippen LogP contribution >= 0.6 is 22.9 Å². The van der Waals surface area contributed by atoms with Gasteiger partial charge in [0.2, 0.25) is 0 Å². The van der Waals surface area contributed by atoms with Crippen LogP contribution in [0.1, 0.15) is 19.8 Å². The molecule has 0 unspecified atom stereocenters. The molecule has 1 N–H and O–H groups in total. The second kappa shape index (κ2) is 5.40. The first-order valence-corrected chi connectivity index (χ1v) is 8.47. The lowest BCUT2D eigenvalue weighted by Crippen LogP contribution is -2.48. The molecule has 1 aliphatic heterocycles. The molecule has 0 aliphatic carbocycles. The largest absolute Gasteiger partial charge is 0.481 e. The van der Waals surface area contributed by atoms with Gasteiger partial charge < -0.3 is 5.11 Å². The molecule has 1 aromatic heterocycles. The van der Waals surface area contributed by atoms with Gasteiger partial charge in [0.1, 0.15) is 4.21 Å². The molecule has 1 fully saturated rings. The van der Waals surface area contributed by atoms with Gasteiger partial charge in [-0.25, -0.2) is 8.42 Å². The molecule has 106 valence electrons. The van der Waals surface area contributed by atoms with Gasteiger partial charge in [-0.2, -0.15) is 4.31 Å². The Morgan fingerprint density at radius 2 is 2.21 bits per heavy atom. The highest BCUT2D eigenvalue weighted by molar-refractivity contribution is 7.91. The lowest BCUT2D eigenvalue weighted by molar-refractivity contribution is -0.144. The number of carboxylic acid groups (broad SMARTS) is 1. The summed E-state index contributed by atoms with van der Waals surface area (Å²) in [5.41, 5.74) is 0. The molecule has 1 aromatic rings. The van der Waals surface area contributed by atoms with Crippen molar-refractivity contribution in [3.8, 4) is 0 Å². The van der Waals surface area contributed by atoms with Crippen LogP contribution in [0.5, 0.6) is 0 Å². The Labute approximate surface area is 120 Å². The third-order valence-electron chi connectivity index (χ3n) is 3.36. The summed E-state index contributed by atoms with van der Waals surface area (Å²) < 4.78 is 26.8. The zero-order valence-corrected chi connectivity index (χ0v) is 12.6. The number of sulfonamides is 1. The van der Waals surface area contributed by atoms with Gasteiger partial charge in [0.25, 0.3) is 10.0 Å². The molecule has 1 aliphatic rings. The number of piperidine rings is 1. The van der Waals surface area contributed by atoms with Gasteiger partial charge in [-0.15, -0.1) is 11.3 Å². The predicted octanol–water partition coefficient (Wildman–Crippen LogP) is 2.28. The standard InChI is InChI=1S/C11H14ClNO4S2/c1-7-8(11(14)15)3-2-6-13(7)19(16,17)10-5-4-9(12)18-10/h4-5,7-8H,2-3,6H2,1H3,(H,14,15)/t7-,8-/m1/s1. The molecule has 19 heavy (non-hydrogen) atoms. The van der Waals surface area contributed by atoms with Crippen LogP contribution in [0.15, 0.2) is 16.3 Å². The Balaban J connectivity index is 2.32. The van der Waals surface area contributed by atoms with Crippen LogP contribution in [0.25, 0.3) is 0 Å². The van der Waals surface area contributed by atoms with Gasteiger partial charge in [-0.3, -0.25) is 4.79 Å². The molecule has 1 saturated heterocycles. The van der Waals surface area contributed by atoms with Crippen molar-refractivity contribution >= 4 is 38.9 Å². The first-order chi connectivity index (χ1) is 8.84. The number of rotatable bonds is 3. The lowest BCUT2D eigenvalue weighted by Gasteiger charge is -2.35. The van der Waals surface area contributed by atoms with Crippen LogP contribution in [0.3, 0.4) is 0 Å². The number of hydrogen-bond acceptors (Lipinski definition) is 4. The zero-order chi connectivity index (χ0) is 14.2. The van der Waals surface area contributed by atoms with Crippen molar-refractivity contribution in [3.63, 3.8) is 0 Å². The smallest absolute Gasteiger partial charge is 0.308 e. The summed E-state index contributed by atoms with van der Waals surface area (Å²) in [5, 5.41) is 9.13. The van der Waals surface area contributed by atoms with Gasteiger partial charge in [-0.05, 0) is 31.9 Å². The third-order valence-corrected chi connectivity index (χ3v) is 7.04. The van der Waals surface area contributed by atoms with E-state index in [0.717, 1.165) is 11.3 Å². The summed E-state index contributed by atoms with van der Waals surface area (Å²) in [4.78, 5) is 11.1. The summed E-state index contributed by atoms with van der Waals surface area (Å²) >= 11 is 6.75. The van der Waals surface area contributed by atoms with Crippen molar-refractivity contribution in [1.29, 1.82) is 0 Å². The van der Waals surface area contributed by atoms with Crippen LogP contribution in [0.2, 0.25) is 4.34 Å². The minimum absolute atomic E-state index is 0.162. The Morgan fingerprint density at radius 3 is 2.74 bits per heavy atom. The molecule has 2 rings (SSSR count). The Morgan fingerprint density at radius 1 is 1.53 bits per heavy atom. The number of aliphatic carboxylic acids is 1. The SMILES string of the molecule is C[C@@H]1[C@H](C(=O)O)CCCN1S(=O)(=O)c1ccc(Cl)s1. The van der Waals surface area contributed by atoms with Gasteiger partial charge in [-0.1, -0.05) is 11.6 Å². The molecule has 0 spiro atoms. The maximum Gasteiger partial charge on any atom is 0.308 e. The zero-order valence-electron chi connectivity index (χ0n) is 10.2. The fraction of sp³-hybridized carbons (Fsp3) is 0.545. The molecule has 0 radical (unpaired) electrons. The molecule has 0 bridgehead atoms. The Bertz CT molecular complexity index is 583. The predicted molar refractivity (Wildman–Crippen MR) is 73.0 cm³/mol. The number of nitrogens with zero attached hydrogens (tertiary/aromatic N) is 1. The highest BCUT2D eigenvalue weighted by atomic mass is 35.5. The van der Waals surface area contributed by atoms with E-state index in [1.54, 1.807) is 6.92 Å². The Kier molecular flexibility index (Phi) is 4.20. The minimum Gasteiger partial charge on any atom is -0.481 e. The van der Waals surface area contributed by atoms with Crippen LogP contribution in [0, 0.1) is 5.92 Å². The highest BCUT2D eigenvalue weighted by Crippen LogP contribution is 2.33. The Hall–Kier alpha value is -0.630. The van der Waals surface area contributed by atoms with E-state index >= 15 is 0 Å². The number of halogens is 1. The third kappa shape index (κ3) is 2.79. The number of carboxylic acids is 1. The molecule has 0 amide bonds. The fourth-order valence-corrected chi connectivity index (χ4v) is 5.65. The summed E-state index contributed by atoms with van der Waals surface area (Å²) in [6.45, 7) is 1.99. The van der Waals surface area contributed by atoms with Crippen molar-refractivity contribution in [3.05, 3.63) is 16.5 Å². The average Bonchev–Trinajstić information content (AvgIpc) is 2.76. The number of carbonyl (C=O) groups is 1. The van der Waals surface area contributed by atoms with E-state index in [1.165, 1.54) is 16.4 Å². The maximum absolute atomic E-state index is 12.5. The highest BCUT2D eigenvalue weighted by Gasteiger charge is 2.39. The van der Waals surface area contributed by atoms with E-state index in [1.807, 2.05) is 0 Å². The molecule has 0 aromatic carbocycles. The van der Waals surface area contributed by atoms with Crippen LogP contribution in [-0.2, 0) is 14.8 Å². The van der Waals surface area contributed by atoms with Gasteiger partial charge >= 0.3 is 5.97 Å². The van der Waals surface area contributed by atoms with E-state index in [0.29, 0.717) is 23.7 Å². The molecule has 8 heteroatoms. The molecule has 0 saturated carbocycles. The molecule has 2 heterocycles. The van der Waals surface area contributed by atoms with Crippen LogP contribution < -0.4 is 0 Å². The van der Waals surface area contributed by atoms with E-state index in [9.17, 15) is 13.2 Å². The first kappa shape index (κ1) is 14.8. The number of thiophene rings is 1. The van der Waals surface area contributed by atoms with E-state index < -0.39 is 28.0 Å². The van der Waals surface area contributed by atoms with Crippen molar-refractivity contribution in [1.82, 2.24) is 4.31 Å². The van der Waals surface area contributed by atoms with Crippen molar-refractivity contribution in [2.45, 2.75) is 30.0 Å².